The van der Waals surface area contributed by atoms with Gasteiger partial charge in [0.2, 0.25) is 0 Å². The van der Waals surface area contributed by atoms with E-state index in [1.54, 1.807) is 13.0 Å². The molecule has 1 aromatic carbocycles. The lowest BCUT2D eigenvalue weighted by Gasteiger charge is -2.46. The van der Waals surface area contributed by atoms with Crippen LogP contribution in [-0.2, 0) is 25.6 Å². The Morgan fingerprint density at radius 3 is 2.61 bits per heavy atom. The molecule has 31 heavy (non-hydrogen) atoms. The van der Waals surface area contributed by atoms with Gasteiger partial charge in [0.05, 0.1) is 5.92 Å². The summed E-state index contributed by atoms with van der Waals surface area (Å²) in [5, 5.41) is 11.4. The van der Waals surface area contributed by atoms with Crippen LogP contribution in [-0.4, -0.2) is 33.6 Å². The Kier molecular flexibility index (Phi) is 6.62. The van der Waals surface area contributed by atoms with Crippen LogP contribution >= 0.6 is 0 Å². The first-order chi connectivity index (χ1) is 14.6. The number of aryl methyl sites for hydroxylation is 1. The summed E-state index contributed by atoms with van der Waals surface area (Å²) in [4.78, 5) is 42.0. The van der Waals surface area contributed by atoms with E-state index in [0.717, 1.165) is 31.2 Å². The van der Waals surface area contributed by atoms with Crippen molar-refractivity contribution in [1.82, 2.24) is 5.06 Å². The Balaban J connectivity index is 1.90. The maximum absolute atomic E-state index is 13.0. The van der Waals surface area contributed by atoms with Gasteiger partial charge >= 0.3 is 5.97 Å². The smallest absolute Gasteiger partial charge is 0.332 e. The second kappa shape index (κ2) is 8.89. The van der Waals surface area contributed by atoms with E-state index in [1.165, 1.54) is 0 Å². The molecule has 0 bridgehead atoms. The summed E-state index contributed by atoms with van der Waals surface area (Å²) in [6.07, 6.45) is 4.17. The molecule has 2 amide bonds. The van der Waals surface area contributed by atoms with Crippen LogP contribution in [0.25, 0.3) is 0 Å². The Morgan fingerprint density at radius 2 is 1.97 bits per heavy atom. The third-order valence-corrected chi connectivity index (χ3v) is 6.47. The standard InChI is InChI=1S/C24H33NO6/c1-6-8-9-10-15-11-17(26)21-14(3)22(24(4,5)30-18(21)12-15)16-13-19(27)25(23(16)29)31-20(28)7-2/h11-12,14,16,22,26H,6-10,13H2,1-5H3. The molecule has 1 aromatic rings. The normalized spacial score (nSPS) is 24.7. The molecule has 0 radical (unpaired) electrons. The molecule has 0 spiro atoms. The zero-order valence-corrected chi connectivity index (χ0v) is 19.1. The highest BCUT2D eigenvalue weighted by Crippen LogP contribution is 2.53. The molecule has 3 rings (SSSR count). The lowest BCUT2D eigenvalue weighted by molar-refractivity contribution is -0.198. The van der Waals surface area contributed by atoms with Gasteiger partial charge in [0.15, 0.2) is 0 Å². The van der Waals surface area contributed by atoms with Crippen LogP contribution in [0.1, 0.15) is 83.8 Å². The average molecular weight is 432 g/mol. The average Bonchev–Trinajstić information content (AvgIpc) is 2.94. The fourth-order valence-corrected chi connectivity index (χ4v) is 5.07. The van der Waals surface area contributed by atoms with Crippen molar-refractivity contribution in [3.8, 4) is 11.5 Å². The summed E-state index contributed by atoms with van der Waals surface area (Å²) < 4.78 is 6.31. The van der Waals surface area contributed by atoms with Gasteiger partial charge in [0, 0.05) is 24.3 Å². The third-order valence-electron chi connectivity index (χ3n) is 6.47. The number of hydrogen-bond acceptors (Lipinski definition) is 6. The molecule has 2 aliphatic rings. The van der Waals surface area contributed by atoms with Crippen molar-refractivity contribution in [2.24, 2.45) is 11.8 Å². The van der Waals surface area contributed by atoms with Crippen LogP contribution in [0.2, 0.25) is 0 Å². The van der Waals surface area contributed by atoms with Gasteiger partial charge in [-0.25, -0.2) is 4.79 Å². The first-order valence-corrected chi connectivity index (χ1v) is 11.2. The Labute approximate surface area is 183 Å². The topological polar surface area (TPSA) is 93.1 Å². The van der Waals surface area contributed by atoms with Gasteiger partial charge in [0.25, 0.3) is 11.8 Å². The Hall–Kier alpha value is -2.57. The molecule has 7 nitrogen and oxygen atoms in total. The summed E-state index contributed by atoms with van der Waals surface area (Å²) in [5.74, 6) is -2.20. The van der Waals surface area contributed by atoms with Crippen LogP contribution < -0.4 is 4.74 Å². The number of amides is 2. The number of nitrogens with zero attached hydrogens (tertiary/aromatic N) is 1. The van der Waals surface area contributed by atoms with E-state index in [0.29, 0.717) is 16.4 Å². The van der Waals surface area contributed by atoms with Crippen molar-refractivity contribution >= 4 is 17.8 Å². The van der Waals surface area contributed by atoms with E-state index < -0.39 is 29.3 Å². The molecule has 0 saturated carbocycles. The molecule has 170 valence electrons. The number of aromatic hydroxyl groups is 1. The Bertz CT molecular complexity index is 877. The zero-order chi connectivity index (χ0) is 22.9. The fourth-order valence-electron chi connectivity index (χ4n) is 5.07. The molecule has 0 aliphatic carbocycles. The quantitative estimate of drug-likeness (QED) is 0.512. The largest absolute Gasteiger partial charge is 0.508 e. The number of carbonyl (C=O) groups excluding carboxylic acids is 3. The highest BCUT2D eigenvalue weighted by molar-refractivity contribution is 6.03. The van der Waals surface area contributed by atoms with Crippen molar-refractivity contribution < 1.29 is 29.1 Å². The van der Waals surface area contributed by atoms with E-state index in [1.807, 2.05) is 26.8 Å². The molecule has 1 N–H and O–H groups in total. The van der Waals surface area contributed by atoms with Gasteiger partial charge in [-0.05, 0) is 50.3 Å². The highest BCUT2D eigenvalue weighted by atomic mass is 16.7. The van der Waals surface area contributed by atoms with Crippen LogP contribution in [0.15, 0.2) is 12.1 Å². The molecule has 2 heterocycles. The minimum Gasteiger partial charge on any atom is -0.508 e. The number of imide groups is 1. The molecular formula is C24H33NO6. The van der Waals surface area contributed by atoms with Gasteiger partial charge in [0.1, 0.15) is 17.1 Å². The first kappa shape index (κ1) is 23.1. The lowest BCUT2D eigenvalue weighted by atomic mass is 9.67. The molecule has 3 atom stereocenters. The molecule has 1 fully saturated rings. The van der Waals surface area contributed by atoms with Crippen LogP contribution in [0.3, 0.4) is 0 Å². The summed E-state index contributed by atoms with van der Waals surface area (Å²) >= 11 is 0. The predicted molar refractivity (Wildman–Crippen MR) is 114 cm³/mol. The van der Waals surface area contributed by atoms with Gasteiger partial charge in [-0.2, -0.15) is 0 Å². The van der Waals surface area contributed by atoms with E-state index in [9.17, 15) is 19.5 Å². The summed E-state index contributed by atoms with van der Waals surface area (Å²) in [6.45, 7) is 9.49. The minimum absolute atomic E-state index is 0.0528. The second-order valence-corrected chi connectivity index (χ2v) is 9.16. The van der Waals surface area contributed by atoms with Crippen molar-refractivity contribution in [3.05, 3.63) is 23.3 Å². The number of fused-ring (bicyclic) bond motifs is 1. The maximum Gasteiger partial charge on any atom is 0.332 e. The molecule has 0 aromatic heterocycles. The highest BCUT2D eigenvalue weighted by Gasteiger charge is 2.55. The molecule has 3 unspecified atom stereocenters. The summed E-state index contributed by atoms with van der Waals surface area (Å²) in [5.41, 5.74) is 0.926. The van der Waals surface area contributed by atoms with Crippen molar-refractivity contribution in [2.45, 2.75) is 84.7 Å². The van der Waals surface area contributed by atoms with Gasteiger partial charge in [-0.3, -0.25) is 9.59 Å². The van der Waals surface area contributed by atoms with E-state index >= 15 is 0 Å². The number of hydrogen-bond donors (Lipinski definition) is 1. The SMILES string of the molecule is CCCCCc1cc(O)c2c(c1)OC(C)(C)C(C1CC(=O)N(OC(=O)CC)C1=O)C2C. The zero-order valence-electron chi connectivity index (χ0n) is 19.1. The number of phenolic OH excluding ortho intramolecular Hbond substituents is 1. The second-order valence-electron chi connectivity index (χ2n) is 9.16. The number of ether oxygens (including phenoxy) is 1. The number of hydroxylamine groups is 2. The Morgan fingerprint density at radius 1 is 1.26 bits per heavy atom. The van der Waals surface area contributed by atoms with Gasteiger partial charge < -0.3 is 14.7 Å². The van der Waals surface area contributed by atoms with Crippen LogP contribution in [0, 0.1) is 11.8 Å². The van der Waals surface area contributed by atoms with E-state index in [-0.39, 0.29) is 30.4 Å². The third kappa shape index (κ3) is 4.41. The number of benzene rings is 1. The van der Waals surface area contributed by atoms with E-state index in [4.69, 9.17) is 9.57 Å². The van der Waals surface area contributed by atoms with Crippen molar-refractivity contribution in [3.63, 3.8) is 0 Å². The molecular weight excluding hydrogens is 398 g/mol. The number of carbonyl (C=O) groups is 3. The monoisotopic (exact) mass is 431 g/mol. The molecule has 2 aliphatic heterocycles. The van der Waals surface area contributed by atoms with Crippen LogP contribution in [0.4, 0.5) is 0 Å². The van der Waals surface area contributed by atoms with Gasteiger partial charge in [-0.15, -0.1) is 5.06 Å². The maximum atomic E-state index is 13.0. The van der Waals surface area contributed by atoms with Crippen molar-refractivity contribution in [1.29, 1.82) is 0 Å². The van der Waals surface area contributed by atoms with Crippen molar-refractivity contribution in [2.75, 3.05) is 0 Å². The summed E-state index contributed by atoms with van der Waals surface area (Å²) in [7, 11) is 0. The van der Waals surface area contributed by atoms with Gasteiger partial charge in [-0.1, -0.05) is 33.6 Å². The molecule has 7 heteroatoms. The number of unbranched alkanes of at least 4 members (excludes halogenated alkanes) is 2. The fraction of sp³-hybridized carbons (Fsp3) is 0.625. The molecule has 1 saturated heterocycles. The van der Waals surface area contributed by atoms with Crippen LogP contribution in [0.5, 0.6) is 11.5 Å². The lowest BCUT2D eigenvalue weighted by Crippen LogP contribution is -2.49. The summed E-state index contributed by atoms with van der Waals surface area (Å²) in [6, 6.07) is 3.76. The van der Waals surface area contributed by atoms with E-state index in [2.05, 4.69) is 6.92 Å². The number of phenols is 1. The predicted octanol–water partition coefficient (Wildman–Crippen LogP) is 4.26. The minimum atomic E-state index is -0.758. The first-order valence-electron chi connectivity index (χ1n) is 11.2. The number of rotatable bonds is 7.